The van der Waals surface area contributed by atoms with Gasteiger partial charge in [0.15, 0.2) is 0 Å². The molecule has 0 atom stereocenters. The average Bonchev–Trinajstić information content (AvgIpc) is 2.82. The van der Waals surface area contributed by atoms with Gasteiger partial charge in [-0.15, -0.1) is 0 Å². The van der Waals surface area contributed by atoms with Crippen molar-refractivity contribution in [3.63, 3.8) is 0 Å². The lowest BCUT2D eigenvalue weighted by Gasteiger charge is -2.42. The van der Waals surface area contributed by atoms with Gasteiger partial charge >= 0.3 is 0 Å². The first-order chi connectivity index (χ1) is 8.88. The topological polar surface area (TPSA) is 0 Å². The molecule has 0 N–H and O–H groups in total. The summed E-state index contributed by atoms with van der Waals surface area (Å²) >= 11 is 0. The molecule has 0 aliphatic heterocycles. The van der Waals surface area contributed by atoms with E-state index in [4.69, 9.17) is 7.85 Å². The van der Waals surface area contributed by atoms with Gasteiger partial charge in [0.05, 0.1) is 15.9 Å². The van der Waals surface area contributed by atoms with Gasteiger partial charge in [-0.05, 0) is 60.4 Å². The van der Waals surface area contributed by atoms with Crippen LogP contribution in [0.3, 0.4) is 0 Å². The van der Waals surface area contributed by atoms with Gasteiger partial charge in [-0.2, -0.15) is 0 Å². The van der Waals surface area contributed by atoms with E-state index in [-0.39, 0.29) is 0 Å². The molecule has 0 nitrogen and oxygen atoms in total. The van der Waals surface area contributed by atoms with Crippen molar-refractivity contribution in [1.29, 1.82) is 0 Å². The van der Waals surface area contributed by atoms with Crippen LogP contribution in [0, 0.1) is 60.4 Å². The third-order valence-electron chi connectivity index (χ3n) is 4.32. The summed E-state index contributed by atoms with van der Waals surface area (Å²) < 4.78 is 0. The summed E-state index contributed by atoms with van der Waals surface area (Å²) in [5.41, 5.74) is 3.15. The van der Waals surface area contributed by atoms with Crippen molar-refractivity contribution in [2.75, 3.05) is 0 Å². The van der Waals surface area contributed by atoms with Crippen molar-refractivity contribution >= 4 is 15.9 Å². The molecule has 0 aromatic heterocycles. The molecule has 19 heavy (non-hydrogen) atoms. The maximum atomic E-state index is 5.94. The monoisotopic (exact) mass is 266 g/mol. The highest BCUT2D eigenvalue weighted by Gasteiger charge is 2.52. The van der Waals surface area contributed by atoms with E-state index in [1.165, 1.54) is 23.7 Å². The maximum Gasteiger partial charge on any atom is 0.0649 e. The first-order valence-corrected chi connectivity index (χ1v) is 9.78. The van der Waals surface area contributed by atoms with Crippen LogP contribution in [0.2, 0.25) is 18.9 Å². The molecule has 0 aromatic carbocycles. The highest BCUT2D eigenvalue weighted by molar-refractivity contribution is 6.91. The first-order valence-electron chi connectivity index (χ1n) is 7.07. The van der Waals surface area contributed by atoms with E-state index in [9.17, 15) is 0 Å². The smallest absolute Gasteiger partial charge is 0.0649 e. The normalized spacial score (nSPS) is 26.8. The highest BCUT2D eigenvalue weighted by atomic mass is 28.3. The first kappa shape index (κ1) is 15.7. The minimum absolute atomic E-state index is 0.774. The number of hydrogen-bond acceptors (Lipinski definition) is 0. The van der Waals surface area contributed by atoms with Crippen molar-refractivity contribution in [3.05, 3.63) is 60.4 Å². The Kier molecular flexibility index (Phi) is 4.91. The minimum atomic E-state index is -1.67. The van der Waals surface area contributed by atoms with Crippen molar-refractivity contribution in [3.8, 4) is 0 Å². The molecule has 2 aliphatic rings. The van der Waals surface area contributed by atoms with Crippen LogP contribution < -0.4 is 0 Å². The Morgan fingerprint density at radius 2 is 1.26 bits per heavy atom. The van der Waals surface area contributed by atoms with E-state index < -0.39 is 8.07 Å². The molecule has 12 radical (unpaired) electrons. The quantitative estimate of drug-likeness (QED) is 0.672. The van der Waals surface area contributed by atoms with E-state index in [0.29, 0.717) is 0 Å². The van der Waals surface area contributed by atoms with E-state index in [2.05, 4.69) is 59.9 Å². The molecule has 0 unspecified atom stereocenters. The Bertz CT molecular complexity index is 280. The van der Waals surface area contributed by atoms with E-state index in [1.54, 1.807) is 11.1 Å². The molecule has 0 heterocycles. The van der Waals surface area contributed by atoms with Gasteiger partial charge in [-0.25, -0.2) is 0 Å². The van der Waals surface area contributed by atoms with Crippen molar-refractivity contribution in [2.45, 2.75) is 46.6 Å². The van der Waals surface area contributed by atoms with Crippen molar-refractivity contribution < 1.29 is 0 Å². The van der Waals surface area contributed by atoms with Crippen LogP contribution in [0.4, 0.5) is 0 Å². The summed E-state index contributed by atoms with van der Waals surface area (Å²) in [5, 5.41) is 0. The molecule has 0 spiro atoms. The predicted octanol–water partition coefficient (Wildman–Crippen LogP) is 4.10. The second kappa shape index (κ2) is 5.95. The van der Waals surface area contributed by atoms with E-state index in [0.717, 1.165) is 12.4 Å². The number of hydrogen-bond donors (Lipinski definition) is 0. The van der Waals surface area contributed by atoms with E-state index >= 15 is 0 Å². The van der Waals surface area contributed by atoms with Gasteiger partial charge in [0.2, 0.25) is 0 Å². The second-order valence-electron chi connectivity index (χ2n) is 6.13. The third kappa shape index (κ3) is 2.99. The fourth-order valence-electron chi connectivity index (χ4n) is 3.50. The summed E-state index contributed by atoms with van der Waals surface area (Å²) in [6, 6.07) is 1.13. The van der Waals surface area contributed by atoms with Crippen LogP contribution in [0.1, 0.15) is 27.7 Å². The second-order valence-corrected chi connectivity index (χ2v) is 10.4. The van der Waals surface area contributed by atoms with Gasteiger partial charge in [0.25, 0.3) is 0 Å². The van der Waals surface area contributed by atoms with Gasteiger partial charge in [-0.3, -0.25) is 0 Å². The Hall–Kier alpha value is 0.282. The summed E-state index contributed by atoms with van der Waals surface area (Å²) in [6.07, 6.45) is 10.2. The largest absolute Gasteiger partial charge is 0.0909 e. The lowest BCUT2D eigenvalue weighted by Crippen LogP contribution is -2.47. The zero-order valence-electron chi connectivity index (χ0n) is 12.8. The third-order valence-corrected chi connectivity index (χ3v) is 9.06. The Labute approximate surface area is 123 Å². The maximum absolute atomic E-state index is 5.94. The molecule has 0 amide bonds. The van der Waals surface area contributed by atoms with Gasteiger partial charge in [0.1, 0.15) is 0 Å². The fourth-order valence-corrected chi connectivity index (χ4v) is 7.88. The molecule has 2 fully saturated rings. The lowest BCUT2D eigenvalue weighted by molar-refractivity contribution is 1.09. The molecule has 98 valence electrons. The van der Waals surface area contributed by atoms with Gasteiger partial charge in [0, 0.05) is 0 Å². The predicted molar refractivity (Wildman–Crippen MR) is 86.3 cm³/mol. The van der Waals surface area contributed by atoms with Crippen LogP contribution in [-0.4, -0.2) is 15.9 Å². The summed E-state index contributed by atoms with van der Waals surface area (Å²) in [5.74, 6) is 5.64. The van der Waals surface area contributed by atoms with Crippen molar-refractivity contribution in [1.82, 2.24) is 0 Å². The molecular formula is C17H23BSi. The molecule has 0 saturated heterocycles. The summed E-state index contributed by atoms with van der Waals surface area (Å²) in [6.45, 7) is 11.3. The molecule has 0 aromatic rings. The average molecular weight is 266 g/mol. The molecular weight excluding hydrogens is 243 g/mol. The van der Waals surface area contributed by atoms with Crippen LogP contribution >= 0.6 is 0 Å². The summed E-state index contributed by atoms with van der Waals surface area (Å²) in [7, 11) is 4.26. The Balaban J connectivity index is 2.22. The summed E-state index contributed by atoms with van der Waals surface area (Å²) in [4.78, 5) is 0. The molecule has 0 bridgehead atoms. The standard InChI is InChI=1S/C17H23BSi/c1-12-8-14(3)16(10-12)19(5,7-6-18)17-11-13(2)9-15(17)4/h8-11H,6-7H2,1-5H3. The minimum Gasteiger partial charge on any atom is -0.0909 e. The Morgan fingerprint density at radius 3 is 1.53 bits per heavy atom. The molecule has 2 heteroatoms. The van der Waals surface area contributed by atoms with Crippen LogP contribution in [-0.2, 0) is 0 Å². The van der Waals surface area contributed by atoms with Crippen LogP contribution in [0.25, 0.3) is 0 Å². The van der Waals surface area contributed by atoms with Gasteiger partial charge < -0.3 is 0 Å². The fraction of sp³-hybridized carbons (Fsp3) is 0.412. The van der Waals surface area contributed by atoms with Crippen LogP contribution in [0.15, 0.2) is 0 Å². The molecule has 2 saturated carbocycles. The molecule has 2 aliphatic carbocycles. The number of rotatable bonds is 4. The lowest BCUT2D eigenvalue weighted by atomic mass is 10.1. The van der Waals surface area contributed by atoms with Crippen molar-refractivity contribution in [2.24, 2.45) is 0 Å². The Morgan fingerprint density at radius 1 is 0.842 bits per heavy atom. The van der Waals surface area contributed by atoms with E-state index in [1.807, 2.05) is 0 Å². The highest BCUT2D eigenvalue weighted by Crippen LogP contribution is 2.54. The SMILES string of the molecule is [B]CC[Si](C)([C]1[CH][C](C)[CH][C]1C)[C]1[CH][C](C)[CH][C]1C. The van der Waals surface area contributed by atoms with Gasteiger partial charge in [-0.1, -0.05) is 46.6 Å². The zero-order chi connectivity index (χ0) is 14.2. The zero-order valence-corrected chi connectivity index (χ0v) is 13.8. The molecule has 2 rings (SSSR count). The van der Waals surface area contributed by atoms with Crippen LogP contribution in [0.5, 0.6) is 0 Å².